The predicted octanol–water partition coefficient (Wildman–Crippen LogP) is 3.14. The molecule has 0 aliphatic heterocycles. The van der Waals surface area contributed by atoms with Gasteiger partial charge in [0.15, 0.2) is 0 Å². The Kier molecular flexibility index (Phi) is 2.01. The Hall–Kier alpha value is -0.630. The molecular formula is C9H9ClFN. The first-order valence-corrected chi connectivity index (χ1v) is 4.47. The summed E-state index contributed by atoms with van der Waals surface area (Å²) in [7, 11) is 0. The van der Waals surface area contributed by atoms with Crippen LogP contribution in [0, 0.1) is 5.95 Å². The smallest absolute Gasteiger partial charge is 0.208 e. The lowest BCUT2D eigenvalue weighted by Crippen LogP contribution is -2.11. The second-order valence-electron chi connectivity index (χ2n) is 3.14. The van der Waals surface area contributed by atoms with Crippen molar-refractivity contribution < 1.29 is 4.39 Å². The van der Waals surface area contributed by atoms with Crippen molar-refractivity contribution in [2.75, 3.05) is 0 Å². The highest BCUT2D eigenvalue weighted by Crippen LogP contribution is 2.37. The van der Waals surface area contributed by atoms with E-state index in [-0.39, 0.29) is 5.15 Å². The van der Waals surface area contributed by atoms with Crippen molar-refractivity contribution in [2.45, 2.75) is 25.2 Å². The monoisotopic (exact) mass is 185 g/mol. The summed E-state index contributed by atoms with van der Waals surface area (Å²) in [6, 6.07) is 3.40. The van der Waals surface area contributed by atoms with Gasteiger partial charge in [-0.1, -0.05) is 24.1 Å². The summed E-state index contributed by atoms with van der Waals surface area (Å²) < 4.78 is 13.1. The lowest BCUT2D eigenvalue weighted by Gasteiger charge is -2.25. The minimum Gasteiger partial charge on any atom is -0.208 e. The second kappa shape index (κ2) is 3.02. The molecule has 1 aromatic heterocycles. The maximum atomic E-state index is 13.1. The van der Waals surface area contributed by atoms with E-state index in [1.807, 2.05) is 0 Å². The summed E-state index contributed by atoms with van der Waals surface area (Å²) in [5.41, 5.74) is 0.727. The van der Waals surface area contributed by atoms with E-state index in [0.717, 1.165) is 18.4 Å². The zero-order valence-electron chi connectivity index (χ0n) is 6.56. The van der Waals surface area contributed by atoms with Crippen LogP contribution in [0.5, 0.6) is 0 Å². The maximum Gasteiger partial charge on any atom is 0.217 e. The summed E-state index contributed by atoms with van der Waals surface area (Å²) in [5.74, 6) is -0.0121. The van der Waals surface area contributed by atoms with E-state index >= 15 is 0 Å². The number of aromatic nitrogens is 1. The molecule has 0 atom stereocenters. The molecule has 0 amide bonds. The van der Waals surface area contributed by atoms with Gasteiger partial charge in [0.05, 0.1) is 0 Å². The number of hydrogen-bond acceptors (Lipinski definition) is 1. The zero-order chi connectivity index (χ0) is 8.55. The van der Waals surface area contributed by atoms with Crippen molar-refractivity contribution in [1.82, 2.24) is 4.98 Å². The number of hydrogen-bond donors (Lipinski definition) is 0. The van der Waals surface area contributed by atoms with Gasteiger partial charge in [0.1, 0.15) is 5.15 Å². The summed E-state index contributed by atoms with van der Waals surface area (Å²) in [5, 5.41) is 0.232. The first kappa shape index (κ1) is 7.99. The molecule has 1 aromatic rings. The Morgan fingerprint density at radius 3 is 2.67 bits per heavy atom. The minimum absolute atomic E-state index is 0.232. The molecule has 2 rings (SSSR count). The SMILES string of the molecule is Fc1nc(Cl)ccc1C1CCC1. The third-order valence-corrected chi connectivity index (χ3v) is 2.60. The van der Waals surface area contributed by atoms with Gasteiger partial charge in [-0.3, -0.25) is 0 Å². The number of halogens is 2. The molecular weight excluding hydrogens is 177 g/mol. The fourth-order valence-corrected chi connectivity index (χ4v) is 1.58. The highest BCUT2D eigenvalue weighted by Gasteiger charge is 2.22. The average Bonchev–Trinajstić information content (AvgIpc) is 1.91. The topological polar surface area (TPSA) is 12.9 Å². The first-order chi connectivity index (χ1) is 5.77. The van der Waals surface area contributed by atoms with Crippen LogP contribution in [-0.2, 0) is 0 Å². The molecule has 0 bridgehead atoms. The standard InChI is InChI=1S/C9H9ClFN/c10-8-5-4-7(9(11)12-8)6-2-1-3-6/h4-6H,1-3H2. The van der Waals surface area contributed by atoms with Gasteiger partial charge < -0.3 is 0 Å². The van der Waals surface area contributed by atoms with Gasteiger partial charge in [0.2, 0.25) is 5.95 Å². The van der Waals surface area contributed by atoms with Gasteiger partial charge in [-0.25, -0.2) is 4.98 Å². The minimum atomic E-state index is -0.396. The summed E-state index contributed by atoms with van der Waals surface area (Å²) >= 11 is 5.53. The molecule has 0 spiro atoms. The van der Waals surface area contributed by atoms with Crippen LogP contribution in [-0.4, -0.2) is 4.98 Å². The van der Waals surface area contributed by atoms with Crippen molar-refractivity contribution in [3.63, 3.8) is 0 Å². The van der Waals surface area contributed by atoms with E-state index in [2.05, 4.69) is 4.98 Å². The number of pyridine rings is 1. The normalized spacial score (nSPS) is 17.5. The number of rotatable bonds is 1. The van der Waals surface area contributed by atoms with Crippen molar-refractivity contribution in [3.8, 4) is 0 Å². The van der Waals surface area contributed by atoms with Crippen LogP contribution in [0.2, 0.25) is 5.15 Å². The summed E-state index contributed by atoms with van der Waals surface area (Å²) in [6.07, 6.45) is 3.37. The molecule has 1 aliphatic rings. The van der Waals surface area contributed by atoms with E-state index in [0.29, 0.717) is 5.92 Å². The van der Waals surface area contributed by atoms with Gasteiger partial charge in [-0.15, -0.1) is 0 Å². The van der Waals surface area contributed by atoms with Gasteiger partial charge in [0, 0.05) is 5.56 Å². The molecule has 1 aliphatic carbocycles. The van der Waals surface area contributed by atoms with Crippen molar-refractivity contribution in [1.29, 1.82) is 0 Å². The van der Waals surface area contributed by atoms with Crippen LogP contribution >= 0.6 is 11.6 Å². The molecule has 1 heterocycles. The van der Waals surface area contributed by atoms with Gasteiger partial charge in [-0.2, -0.15) is 4.39 Å². The molecule has 1 fully saturated rings. The summed E-state index contributed by atoms with van der Waals surface area (Å²) in [4.78, 5) is 3.58. The quantitative estimate of drug-likeness (QED) is 0.613. The van der Waals surface area contributed by atoms with Crippen molar-refractivity contribution in [3.05, 3.63) is 28.8 Å². The van der Waals surface area contributed by atoms with Crippen LogP contribution in [0.1, 0.15) is 30.7 Å². The van der Waals surface area contributed by atoms with Gasteiger partial charge >= 0.3 is 0 Å². The van der Waals surface area contributed by atoms with Crippen molar-refractivity contribution in [2.24, 2.45) is 0 Å². The molecule has 64 valence electrons. The number of nitrogens with zero attached hydrogens (tertiary/aromatic N) is 1. The Morgan fingerprint density at radius 2 is 2.17 bits per heavy atom. The maximum absolute atomic E-state index is 13.1. The molecule has 0 radical (unpaired) electrons. The highest BCUT2D eigenvalue weighted by atomic mass is 35.5. The lowest BCUT2D eigenvalue weighted by molar-refractivity contribution is 0.398. The van der Waals surface area contributed by atoms with Gasteiger partial charge in [-0.05, 0) is 24.8 Å². The van der Waals surface area contributed by atoms with Gasteiger partial charge in [0.25, 0.3) is 0 Å². The molecule has 1 saturated carbocycles. The molecule has 0 N–H and O–H groups in total. The second-order valence-corrected chi connectivity index (χ2v) is 3.53. The Bertz CT molecular complexity index is 297. The van der Waals surface area contributed by atoms with Crippen molar-refractivity contribution >= 4 is 11.6 Å². The molecule has 0 aromatic carbocycles. The molecule has 3 heteroatoms. The van der Waals surface area contributed by atoms with E-state index in [1.165, 1.54) is 6.42 Å². The van der Waals surface area contributed by atoms with Crippen LogP contribution in [0.25, 0.3) is 0 Å². The van der Waals surface area contributed by atoms with Crippen LogP contribution in [0.4, 0.5) is 4.39 Å². The van der Waals surface area contributed by atoms with E-state index in [9.17, 15) is 4.39 Å². The first-order valence-electron chi connectivity index (χ1n) is 4.09. The van der Waals surface area contributed by atoms with E-state index in [4.69, 9.17) is 11.6 Å². The fourth-order valence-electron chi connectivity index (χ4n) is 1.45. The fraction of sp³-hybridized carbons (Fsp3) is 0.444. The van der Waals surface area contributed by atoms with E-state index in [1.54, 1.807) is 12.1 Å². The highest BCUT2D eigenvalue weighted by molar-refractivity contribution is 6.29. The van der Waals surface area contributed by atoms with E-state index < -0.39 is 5.95 Å². The van der Waals surface area contributed by atoms with Crippen LogP contribution in [0.15, 0.2) is 12.1 Å². The Balaban J connectivity index is 2.31. The molecule has 0 saturated heterocycles. The largest absolute Gasteiger partial charge is 0.217 e. The Labute approximate surface area is 75.6 Å². The predicted molar refractivity (Wildman–Crippen MR) is 45.8 cm³/mol. The third kappa shape index (κ3) is 1.31. The Morgan fingerprint density at radius 1 is 1.42 bits per heavy atom. The molecule has 12 heavy (non-hydrogen) atoms. The average molecular weight is 186 g/mol. The third-order valence-electron chi connectivity index (χ3n) is 2.39. The lowest BCUT2D eigenvalue weighted by atomic mass is 9.80. The van der Waals surface area contributed by atoms with Crippen LogP contribution < -0.4 is 0 Å². The zero-order valence-corrected chi connectivity index (χ0v) is 7.31. The summed E-state index contributed by atoms with van der Waals surface area (Å²) in [6.45, 7) is 0. The molecule has 1 nitrogen and oxygen atoms in total. The molecule has 0 unspecified atom stereocenters. The van der Waals surface area contributed by atoms with Crippen LogP contribution in [0.3, 0.4) is 0 Å².